The fraction of sp³-hybridized carbons (Fsp3) is 0.500. The topological polar surface area (TPSA) is 61.5 Å². The maximum Gasteiger partial charge on any atom is 0.387 e. The largest absolute Gasteiger partial charge is 0.477 e. The lowest BCUT2D eigenvalue weighted by molar-refractivity contribution is -0.616. The van der Waals surface area contributed by atoms with E-state index in [1.54, 1.807) is 24.5 Å². The average Bonchev–Trinajstić information content (AvgIpc) is 3.19. The van der Waals surface area contributed by atoms with Gasteiger partial charge in [0.1, 0.15) is 5.75 Å². The van der Waals surface area contributed by atoms with Crippen molar-refractivity contribution >= 4 is 5.65 Å². The van der Waals surface area contributed by atoms with E-state index in [-0.39, 0.29) is 5.75 Å². The first-order chi connectivity index (χ1) is 14.7. The van der Waals surface area contributed by atoms with Crippen molar-refractivity contribution in [1.82, 2.24) is 19.6 Å². The fourth-order valence-corrected chi connectivity index (χ4v) is 8.40. The Balaban J connectivity index is 1.05. The van der Waals surface area contributed by atoms with Crippen molar-refractivity contribution in [2.45, 2.75) is 13.0 Å². The third kappa shape index (κ3) is 1.50. The molecular formula is C22H18F2N4O2. The van der Waals surface area contributed by atoms with E-state index in [9.17, 15) is 8.78 Å². The van der Waals surface area contributed by atoms with Crippen LogP contribution in [-0.2, 0) is 0 Å². The number of halogens is 2. The zero-order valence-corrected chi connectivity index (χ0v) is 15.9. The molecule has 0 unspecified atom stereocenters. The lowest BCUT2D eigenvalue weighted by atomic mass is 8.96. The first-order valence-electron chi connectivity index (χ1n) is 10.6. The second-order valence-corrected chi connectivity index (χ2v) is 9.46. The molecule has 0 aliphatic heterocycles. The van der Waals surface area contributed by atoms with E-state index < -0.39 is 6.61 Å². The van der Waals surface area contributed by atoms with Crippen LogP contribution in [0.3, 0.4) is 0 Å². The molecule has 0 radical (unpaired) electrons. The Morgan fingerprint density at radius 2 is 1.70 bits per heavy atom. The minimum absolute atomic E-state index is 0.106. The molecule has 8 heteroatoms. The van der Waals surface area contributed by atoms with Gasteiger partial charge in [-0.05, 0) is 77.5 Å². The number of fused-ring (bicyclic) bond motifs is 1. The van der Waals surface area contributed by atoms with Gasteiger partial charge in [-0.3, -0.25) is 4.98 Å². The van der Waals surface area contributed by atoms with Gasteiger partial charge in [-0.15, -0.1) is 10.2 Å². The van der Waals surface area contributed by atoms with Crippen LogP contribution in [0.2, 0.25) is 0 Å². The third-order valence-corrected chi connectivity index (χ3v) is 9.09. The lowest BCUT2D eigenvalue weighted by Gasteiger charge is -3.08. The van der Waals surface area contributed by atoms with Crippen LogP contribution in [0, 0.1) is 46.8 Å². The number of ether oxygens (including phenoxy) is 2. The Bertz CT molecular complexity index is 1160. The first-order valence-corrected chi connectivity index (χ1v) is 10.6. The van der Waals surface area contributed by atoms with Crippen LogP contribution in [0.4, 0.5) is 8.78 Å². The molecule has 2 heterocycles. The Morgan fingerprint density at radius 3 is 2.40 bits per heavy atom. The highest BCUT2D eigenvalue weighted by molar-refractivity contribution is 5.61. The summed E-state index contributed by atoms with van der Waals surface area (Å²) in [6.45, 7) is -2.17. The summed E-state index contributed by atoms with van der Waals surface area (Å²) in [6, 6.07) is 6.37. The van der Waals surface area contributed by atoms with Gasteiger partial charge in [0.2, 0.25) is 5.88 Å². The van der Waals surface area contributed by atoms with E-state index >= 15 is 0 Å². The quantitative estimate of drug-likeness (QED) is 0.599. The van der Waals surface area contributed by atoms with E-state index in [1.165, 1.54) is 12.1 Å². The summed E-state index contributed by atoms with van der Waals surface area (Å²) >= 11 is 0. The molecular weight excluding hydrogens is 390 g/mol. The fourth-order valence-electron chi connectivity index (χ4n) is 8.40. The summed E-state index contributed by atoms with van der Waals surface area (Å²) in [5.41, 5.74) is 1.94. The minimum Gasteiger partial charge on any atom is -0.477 e. The highest BCUT2D eigenvalue weighted by Crippen LogP contribution is 3.06. The zero-order chi connectivity index (χ0) is 19.8. The molecule has 0 spiro atoms. The number of alkyl halides is 2. The van der Waals surface area contributed by atoms with Gasteiger partial charge in [-0.2, -0.15) is 8.78 Å². The number of hydrogen-bond donors (Lipinski definition) is 0. The van der Waals surface area contributed by atoms with Gasteiger partial charge in [0.15, 0.2) is 11.5 Å². The molecule has 6 aliphatic carbocycles. The molecule has 2 aromatic heterocycles. The number of aromatic nitrogens is 4. The van der Waals surface area contributed by atoms with Gasteiger partial charge in [-0.25, -0.2) is 4.40 Å². The average molecular weight is 408 g/mol. The van der Waals surface area contributed by atoms with Crippen LogP contribution in [0.15, 0.2) is 36.7 Å². The van der Waals surface area contributed by atoms with Crippen molar-refractivity contribution in [3.8, 4) is 23.0 Å². The maximum atomic E-state index is 12.4. The lowest BCUT2D eigenvalue weighted by Crippen LogP contribution is -3.05. The van der Waals surface area contributed by atoms with Crippen LogP contribution in [-0.4, -0.2) is 32.8 Å². The summed E-state index contributed by atoms with van der Waals surface area (Å²) in [5, 5.41) is 8.46. The van der Waals surface area contributed by atoms with Gasteiger partial charge in [0.25, 0.3) is 0 Å². The molecule has 0 amide bonds. The van der Waals surface area contributed by atoms with Crippen molar-refractivity contribution in [2.24, 2.45) is 46.8 Å². The SMILES string of the molecule is FC(F)Oc1ccc(-c2nnc3cncc(OCCC45C6C7C8C6C4C8C75)n23)cc1. The Morgan fingerprint density at radius 1 is 0.967 bits per heavy atom. The van der Waals surface area contributed by atoms with E-state index in [1.807, 2.05) is 4.40 Å². The number of rotatable bonds is 7. The van der Waals surface area contributed by atoms with E-state index in [4.69, 9.17) is 4.74 Å². The van der Waals surface area contributed by atoms with Crippen LogP contribution in [0.1, 0.15) is 6.42 Å². The first kappa shape index (κ1) is 16.0. The summed E-state index contributed by atoms with van der Waals surface area (Å²) in [6.07, 6.45) is 4.46. The van der Waals surface area contributed by atoms with Crippen molar-refractivity contribution in [3.63, 3.8) is 0 Å². The summed E-state index contributed by atoms with van der Waals surface area (Å²) < 4.78 is 37.2. The monoisotopic (exact) mass is 408 g/mol. The molecule has 0 saturated heterocycles. The molecule has 6 nitrogen and oxygen atoms in total. The molecule has 152 valence electrons. The second kappa shape index (κ2) is 4.92. The van der Waals surface area contributed by atoms with E-state index in [0.29, 0.717) is 29.4 Å². The number of benzene rings is 1. The molecule has 6 saturated carbocycles. The Kier molecular flexibility index (Phi) is 2.62. The summed E-state index contributed by atoms with van der Waals surface area (Å²) in [5.74, 6) is 8.71. The normalized spacial score (nSPS) is 40.0. The van der Waals surface area contributed by atoms with Gasteiger partial charge in [0.05, 0.1) is 19.0 Å². The van der Waals surface area contributed by atoms with Crippen LogP contribution in [0.5, 0.6) is 11.6 Å². The molecule has 1 aromatic carbocycles. The number of hydrogen-bond acceptors (Lipinski definition) is 5. The molecule has 0 atom stereocenters. The van der Waals surface area contributed by atoms with Gasteiger partial charge < -0.3 is 9.47 Å². The molecule has 0 bridgehead atoms. The highest BCUT2D eigenvalue weighted by Gasteiger charge is 3.03. The molecule has 30 heavy (non-hydrogen) atoms. The standard InChI is InChI=1S/C22H18F2N4O2/c23-21(24)30-10-3-1-9(2-4-10)20-27-26-11-7-25-8-12(28(11)20)29-6-5-22-17-14-13-15(17)19(22)16(13)18(14)22/h1-4,7-8,13-19,21H,5-6H2. The van der Waals surface area contributed by atoms with Crippen molar-refractivity contribution in [2.75, 3.05) is 6.61 Å². The third-order valence-electron chi connectivity index (χ3n) is 9.09. The molecule has 6 fully saturated rings. The van der Waals surface area contributed by atoms with Crippen molar-refractivity contribution < 1.29 is 18.3 Å². The zero-order valence-electron chi connectivity index (χ0n) is 15.9. The molecule has 3 aromatic rings. The predicted molar refractivity (Wildman–Crippen MR) is 99.8 cm³/mol. The summed E-state index contributed by atoms with van der Waals surface area (Å²) in [4.78, 5) is 4.24. The van der Waals surface area contributed by atoms with Crippen LogP contribution >= 0.6 is 0 Å². The molecule has 0 N–H and O–H groups in total. The molecule has 9 rings (SSSR count). The van der Waals surface area contributed by atoms with E-state index in [2.05, 4.69) is 19.9 Å². The smallest absolute Gasteiger partial charge is 0.387 e. The van der Waals surface area contributed by atoms with Crippen molar-refractivity contribution in [1.29, 1.82) is 0 Å². The van der Waals surface area contributed by atoms with E-state index in [0.717, 1.165) is 53.4 Å². The van der Waals surface area contributed by atoms with Gasteiger partial charge in [0, 0.05) is 5.56 Å². The molecule has 6 aliphatic rings. The van der Waals surface area contributed by atoms with Crippen molar-refractivity contribution in [3.05, 3.63) is 36.7 Å². The Hall–Kier alpha value is -2.77. The second-order valence-electron chi connectivity index (χ2n) is 9.46. The van der Waals surface area contributed by atoms with Crippen LogP contribution in [0.25, 0.3) is 17.0 Å². The Labute approximate surface area is 170 Å². The maximum absolute atomic E-state index is 12.4. The van der Waals surface area contributed by atoms with Gasteiger partial charge in [-0.1, -0.05) is 0 Å². The number of nitrogens with zero attached hydrogens (tertiary/aromatic N) is 4. The van der Waals surface area contributed by atoms with Crippen LogP contribution < -0.4 is 9.47 Å². The minimum atomic E-state index is -2.85. The predicted octanol–water partition coefficient (Wildman–Crippen LogP) is 3.53. The summed E-state index contributed by atoms with van der Waals surface area (Å²) in [7, 11) is 0. The highest BCUT2D eigenvalue weighted by atomic mass is 19.3. The van der Waals surface area contributed by atoms with Gasteiger partial charge >= 0.3 is 6.61 Å².